The molecule has 2 atom stereocenters. The van der Waals surface area contributed by atoms with Gasteiger partial charge in [-0.2, -0.15) is 0 Å². The maximum atomic E-state index is 11.6. The predicted molar refractivity (Wildman–Crippen MR) is 56.3 cm³/mol. The molecular weight excluding hydrogens is 190 g/mol. The van der Waals surface area contributed by atoms with Gasteiger partial charge in [0.15, 0.2) is 0 Å². The summed E-state index contributed by atoms with van der Waals surface area (Å²) in [4.78, 5) is 11.6. The number of hydrogen-bond donors (Lipinski definition) is 1. The fourth-order valence-corrected chi connectivity index (χ4v) is 3.67. The molecule has 1 N–H and O–H groups in total. The van der Waals surface area contributed by atoms with Gasteiger partial charge in [0, 0.05) is 0 Å². The molecule has 0 aromatic heterocycles. The van der Waals surface area contributed by atoms with Gasteiger partial charge < -0.3 is 10.1 Å². The van der Waals surface area contributed by atoms with Gasteiger partial charge >= 0.3 is 5.97 Å². The van der Waals surface area contributed by atoms with E-state index in [0.717, 1.165) is 24.8 Å². The van der Waals surface area contributed by atoms with E-state index < -0.39 is 0 Å². The zero-order chi connectivity index (χ0) is 10.5. The number of hydrogen-bond acceptors (Lipinski definition) is 3. The van der Waals surface area contributed by atoms with Crippen molar-refractivity contribution < 1.29 is 9.53 Å². The Balaban J connectivity index is 1.56. The average molecular weight is 209 g/mol. The molecule has 3 nitrogen and oxygen atoms in total. The van der Waals surface area contributed by atoms with E-state index in [2.05, 4.69) is 5.32 Å². The third-order valence-corrected chi connectivity index (χ3v) is 4.65. The summed E-state index contributed by atoms with van der Waals surface area (Å²) >= 11 is 0. The van der Waals surface area contributed by atoms with Gasteiger partial charge in [-0.25, -0.2) is 0 Å². The van der Waals surface area contributed by atoms with Crippen LogP contribution in [-0.2, 0) is 9.53 Å². The molecule has 1 heterocycles. The SMILES string of the molecule is CCOC(=O)[C@@H]1CC(C23CC(C2)C3)CN1. The Morgan fingerprint density at radius 1 is 1.47 bits per heavy atom. The quantitative estimate of drug-likeness (QED) is 0.713. The molecule has 0 aromatic carbocycles. The van der Waals surface area contributed by atoms with Crippen LogP contribution >= 0.6 is 0 Å². The van der Waals surface area contributed by atoms with Crippen molar-refractivity contribution in [3.63, 3.8) is 0 Å². The van der Waals surface area contributed by atoms with Crippen LogP contribution in [0.3, 0.4) is 0 Å². The molecule has 1 unspecified atom stereocenters. The van der Waals surface area contributed by atoms with Crippen molar-refractivity contribution in [1.29, 1.82) is 0 Å². The van der Waals surface area contributed by atoms with Crippen LogP contribution in [0.5, 0.6) is 0 Å². The van der Waals surface area contributed by atoms with Crippen LogP contribution < -0.4 is 5.32 Å². The topological polar surface area (TPSA) is 38.3 Å². The highest BCUT2D eigenvalue weighted by Gasteiger charge is 2.61. The molecular formula is C12H19NO2. The van der Waals surface area contributed by atoms with E-state index in [-0.39, 0.29) is 12.0 Å². The van der Waals surface area contributed by atoms with E-state index in [9.17, 15) is 4.79 Å². The first-order chi connectivity index (χ1) is 7.23. The Morgan fingerprint density at radius 2 is 2.20 bits per heavy atom. The largest absolute Gasteiger partial charge is 0.465 e. The van der Waals surface area contributed by atoms with Crippen molar-refractivity contribution in [2.75, 3.05) is 13.2 Å². The van der Waals surface area contributed by atoms with Crippen LogP contribution in [0.2, 0.25) is 0 Å². The second-order valence-corrected chi connectivity index (χ2v) is 5.49. The van der Waals surface area contributed by atoms with Crippen LogP contribution in [0.25, 0.3) is 0 Å². The summed E-state index contributed by atoms with van der Waals surface area (Å²) in [5.74, 6) is 1.72. The highest BCUT2D eigenvalue weighted by atomic mass is 16.5. The minimum atomic E-state index is -0.0494. The van der Waals surface area contributed by atoms with Crippen molar-refractivity contribution in [3.8, 4) is 0 Å². The highest BCUT2D eigenvalue weighted by molar-refractivity contribution is 5.76. The summed E-state index contributed by atoms with van der Waals surface area (Å²) in [6.07, 6.45) is 5.28. The Labute approximate surface area is 90.6 Å². The van der Waals surface area contributed by atoms with Crippen molar-refractivity contribution in [1.82, 2.24) is 5.32 Å². The highest BCUT2D eigenvalue weighted by Crippen LogP contribution is 2.69. The fraction of sp³-hybridized carbons (Fsp3) is 0.917. The number of esters is 1. The lowest BCUT2D eigenvalue weighted by Gasteiger charge is -2.65. The Morgan fingerprint density at radius 3 is 2.73 bits per heavy atom. The zero-order valence-corrected chi connectivity index (χ0v) is 9.29. The van der Waals surface area contributed by atoms with Crippen LogP contribution in [-0.4, -0.2) is 25.2 Å². The Bertz CT molecular complexity index is 272. The number of ether oxygens (including phenoxy) is 1. The van der Waals surface area contributed by atoms with Crippen LogP contribution in [0.1, 0.15) is 32.6 Å². The molecule has 3 aliphatic carbocycles. The summed E-state index contributed by atoms with van der Waals surface area (Å²) in [6, 6.07) is -0.0241. The summed E-state index contributed by atoms with van der Waals surface area (Å²) in [7, 11) is 0. The van der Waals surface area contributed by atoms with Gasteiger partial charge in [-0.3, -0.25) is 4.79 Å². The van der Waals surface area contributed by atoms with Crippen molar-refractivity contribution >= 4 is 5.97 Å². The van der Waals surface area contributed by atoms with Gasteiger partial charge in [0.05, 0.1) is 6.61 Å². The smallest absolute Gasteiger partial charge is 0.323 e. The number of nitrogens with one attached hydrogen (secondary N) is 1. The molecule has 4 fully saturated rings. The first-order valence-electron chi connectivity index (χ1n) is 6.13. The fourth-order valence-electron chi connectivity index (χ4n) is 3.67. The predicted octanol–water partition coefficient (Wildman–Crippen LogP) is 1.33. The molecule has 84 valence electrons. The molecule has 3 saturated carbocycles. The Hall–Kier alpha value is -0.570. The number of carbonyl (C=O) groups excluding carboxylic acids is 1. The maximum Gasteiger partial charge on any atom is 0.323 e. The van der Waals surface area contributed by atoms with E-state index in [1.807, 2.05) is 6.92 Å². The van der Waals surface area contributed by atoms with Gasteiger partial charge in [0.25, 0.3) is 0 Å². The van der Waals surface area contributed by atoms with E-state index in [1.165, 1.54) is 19.3 Å². The van der Waals surface area contributed by atoms with Gasteiger partial charge in [0.2, 0.25) is 0 Å². The molecule has 0 radical (unpaired) electrons. The van der Waals surface area contributed by atoms with Gasteiger partial charge in [-0.1, -0.05) is 0 Å². The molecule has 2 bridgehead atoms. The third kappa shape index (κ3) is 1.32. The zero-order valence-electron chi connectivity index (χ0n) is 9.29. The lowest BCUT2D eigenvalue weighted by atomic mass is 9.40. The molecule has 1 aliphatic heterocycles. The molecule has 0 aromatic rings. The average Bonchev–Trinajstić information content (AvgIpc) is 2.48. The molecule has 4 aliphatic rings. The molecule has 1 saturated heterocycles. The minimum absolute atomic E-state index is 0.0241. The first-order valence-corrected chi connectivity index (χ1v) is 6.13. The van der Waals surface area contributed by atoms with Crippen molar-refractivity contribution in [3.05, 3.63) is 0 Å². The molecule has 3 heteroatoms. The Kier molecular flexibility index (Phi) is 2.06. The van der Waals surface area contributed by atoms with E-state index in [0.29, 0.717) is 12.0 Å². The van der Waals surface area contributed by atoms with E-state index in [4.69, 9.17) is 4.74 Å². The first kappa shape index (κ1) is 9.64. The van der Waals surface area contributed by atoms with E-state index >= 15 is 0 Å². The standard InChI is InChI=1S/C12H19NO2/c1-2-15-11(14)10-3-9(7-13-10)12-4-8(5-12)6-12/h8-10,13H,2-7H2,1H3/t8?,9?,10-,12?/m0/s1. The lowest BCUT2D eigenvalue weighted by molar-refractivity contribution is -0.151. The van der Waals surface area contributed by atoms with Crippen molar-refractivity contribution in [2.24, 2.45) is 17.3 Å². The molecule has 4 rings (SSSR count). The molecule has 0 spiro atoms. The van der Waals surface area contributed by atoms with Crippen LogP contribution in [0.15, 0.2) is 0 Å². The van der Waals surface area contributed by atoms with Gasteiger partial charge in [0.1, 0.15) is 6.04 Å². The number of rotatable bonds is 3. The van der Waals surface area contributed by atoms with E-state index in [1.54, 1.807) is 0 Å². The summed E-state index contributed by atoms with van der Waals surface area (Å²) < 4.78 is 5.05. The summed E-state index contributed by atoms with van der Waals surface area (Å²) in [5, 5.41) is 3.32. The maximum absolute atomic E-state index is 11.6. The van der Waals surface area contributed by atoms with Crippen LogP contribution in [0, 0.1) is 17.3 Å². The molecule has 15 heavy (non-hydrogen) atoms. The summed E-state index contributed by atoms with van der Waals surface area (Å²) in [6.45, 7) is 3.39. The third-order valence-electron chi connectivity index (χ3n) is 4.65. The summed E-state index contributed by atoms with van der Waals surface area (Å²) in [5.41, 5.74) is 0.638. The molecule has 0 amide bonds. The minimum Gasteiger partial charge on any atom is -0.465 e. The lowest BCUT2D eigenvalue weighted by Crippen LogP contribution is -2.56. The van der Waals surface area contributed by atoms with Gasteiger partial charge in [-0.15, -0.1) is 0 Å². The number of carbonyl (C=O) groups is 1. The second-order valence-electron chi connectivity index (χ2n) is 5.49. The van der Waals surface area contributed by atoms with Crippen LogP contribution in [0.4, 0.5) is 0 Å². The van der Waals surface area contributed by atoms with Crippen molar-refractivity contribution in [2.45, 2.75) is 38.6 Å². The normalized spacial score (nSPS) is 46.9. The second kappa shape index (κ2) is 3.21. The van der Waals surface area contributed by atoms with Gasteiger partial charge in [-0.05, 0) is 56.4 Å². The monoisotopic (exact) mass is 209 g/mol.